The fourth-order valence-corrected chi connectivity index (χ4v) is 2.88. The smallest absolute Gasteiger partial charge is 0.266 e. The van der Waals surface area contributed by atoms with E-state index in [2.05, 4.69) is 20.4 Å². The molecule has 2 aromatic rings. The average molecular weight is 369 g/mol. The van der Waals surface area contributed by atoms with Gasteiger partial charge in [-0.05, 0) is 51.7 Å². The summed E-state index contributed by atoms with van der Waals surface area (Å²) in [7, 11) is 4.00. The fraction of sp³-hybridized carbons (Fsp3) is 0.438. The Hall–Kier alpha value is -1.70. The summed E-state index contributed by atoms with van der Waals surface area (Å²) in [6.07, 6.45) is 0.148. The van der Waals surface area contributed by atoms with Crippen LogP contribution in [-0.4, -0.2) is 47.7 Å². The van der Waals surface area contributed by atoms with Crippen molar-refractivity contribution < 1.29 is 9.53 Å². The summed E-state index contributed by atoms with van der Waals surface area (Å²) in [5.74, 6) is 0.366. The van der Waals surface area contributed by atoms with Gasteiger partial charge in [0.15, 0.2) is 6.10 Å². The number of aryl methyl sites for hydroxylation is 1. The van der Waals surface area contributed by atoms with Crippen molar-refractivity contribution >= 4 is 34.0 Å². The highest BCUT2D eigenvalue weighted by Crippen LogP contribution is 2.23. The van der Waals surface area contributed by atoms with E-state index >= 15 is 0 Å². The lowest BCUT2D eigenvalue weighted by molar-refractivity contribution is -0.122. The van der Waals surface area contributed by atoms with Crippen molar-refractivity contribution in [3.63, 3.8) is 0 Å². The van der Waals surface area contributed by atoms with Crippen LogP contribution in [-0.2, 0) is 11.2 Å². The first-order valence-corrected chi connectivity index (χ1v) is 8.75. The average Bonchev–Trinajstić information content (AvgIpc) is 2.95. The van der Waals surface area contributed by atoms with Gasteiger partial charge in [0.25, 0.3) is 5.91 Å². The highest BCUT2D eigenvalue weighted by atomic mass is 35.5. The van der Waals surface area contributed by atoms with Crippen LogP contribution in [0.2, 0.25) is 5.02 Å². The predicted octanol–water partition coefficient (Wildman–Crippen LogP) is 3.01. The molecule has 0 aliphatic carbocycles. The van der Waals surface area contributed by atoms with Crippen LogP contribution in [0.25, 0.3) is 0 Å². The van der Waals surface area contributed by atoms with Crippen LogP contribution < -0.4 is 10.1 Å². The monoisotopic (exact) mass is 368 g/mol. The van der Waals surface area contributed by atoms with Crippen molar-refractivity contribution in [3.05, 3.63) is 33.8 Å². The van der Waals surface area contributed by atoms with E-state index in [4.69, 9.17) is 16.3 Å². The number of amides is 1. The van der Waals surface area contributed by atoms with Crippen molar-refractivity contribution in [2.24, 2.45) is 0 Å². The molecule has 0 aliphatic rings. The molecule has 0 saturated heterocycles. The molecular weight excluding hydrogens is 348 g/mol. The highest BCUT2D eigenvalue weighted by Gasteiger charge is 2.18. The topological polar surface area (TPSA) is 67.3 Å². The Morgan fingerprint density at radius 1 is 1.42 bits per heavy atom. The number of benzene rings is 1. The Kier molecular flexibility index (Phi) is 6.53. The number of carbonyl (C=O) groups is 1. The summed E-state index contributed by atoms with van der Waals surface area (Å²) in [5, 5.41) is 12.8. The Labute approximate surface area is 150 Å². The number of halogens is 1. The zero-order valence-electron chi connectivity index (χ0n) is 14.2. The van der Waals surface area contributed by atoms with Crippen LogP contribution in [0.4, 0.5) is 5.13 Å². The highest BCUT2D eigenvalue weighted by molar-refractivity contribution is 7.15. The molecule has 8 heteroatoms. The first kappa shape index (κ1) is 18.6. The molecule has 0 aliphatic heterocycles. The van der Waals surface area contributed by atoms with E-state index in [1.54, 1.807) is 25.1 Å². The molecule has 130 valence electrons. The maximum Gasteiger partial charge on any atom is 0.266 e. The van der Waals surface area contributed by atoms with Gasteiger partial charge in [-0.15, -0.1) is 10.2 Å². The molecule has 1 amide bonds. The molecule has 1 N–H and O–H groups in total. The van der Waals surface area contributed by atoms with Gasteiger partial charge in [-0.1, -0.05) is 22.9 Å². The SMILES string of the molecule is Cc1cc(Cl)ccc1OC(C)C(=O)Nc1nnc(CCN(C)C)s1. The third-order valence-corrected chi connectivity index (χ3v) is 4.41. The number of carbonyl (C=O) groups excluding carboxylic acids is 1. The van der Waals surface area contributed by atoms with E-state index in [9.17, 15) is 4.79 Å². The number of hydrogen-bond acceptors (Lipinski definition) is 6. The summed E-state index contributed by atoms with van der Waals surface area (Å²) in [5.41, 5.74) is 0.879. The van der Waals surface area contributed by atoms with Crippen molar-refractivity contribution in [1.29, 1.82) is 0 Å². The minimum atomic E-state index is -0.654. The normalized spacial score (nSPS) is 12.2. The van der Waals surface area contributed by atoms with Gasteiger partial charge in [0.05, 0.1) is 0 Å². The first-order valence-electron chi connectivity index (χ1n) is 7.56. The van der Waals surface area contributed by atoms with Crippen molar-refractivity contribution in [3.8, 4) is 5.75 Å². The van der Waals surface area contributed by atoms with Gasteiger partial charge in [0.2, 0.25) is 5.13 Å². The van der Waals surface area contributed by atoms with Crippen LogP contribution in [0, 0.1) is 6.92 Å². The second kappa shape index (κ2) is 8.41. The molecule has 1 heterocycles. The lowest BCUT2D eigenvalue weighted by Crippen LogP contribution is -2.30. The van der Waals surface area contributed by atoms with Crippen molar-refractivity contribution in [2.45, 2.75) is 26.4 Å². The van der Waals surface area contributed by atoms with Gasteiger partial charge >= 0.3 is 0 Å². The van der Waals surface area contributed by atoms with Gasteiger partial charge in [-0.25, -0.2) is 0 Å². The molecule has 0 spiro atoms. The number of anilines is 1. The van der Waals surface area contributed by atoms with E-state index in [0.717, 1.165) is 23.5 Å². The maximum atomic E-state index is 12.2. The van der Waals surface area contributed by atoms with Gasteiger partial charge < -0.3 is 9.64 Å². The zero-order chi connectivity index (χ0) is 17.7. The number of aromatic nitrogens is 2. The van der Waals surface area contributed by atoms with E-state index in [0.29, 0.717) is 15.9 Å². The number of hydrogen-bond donors (Lipinski definition) is 1. The summed E-state index contributed by atoms with van der Waals surface area (Å²) in [6, 6.07) is 5.28. The van der Waals surface area contributed by atoms with E-state index in [1.165, 1.54) is 11.3 Å². The maximum absolute atomic E-state index is 12.2. The molecule has 6 nitrogen and oxygen atoms in total. The molecule has 0 bridgehead atoms. The largest absolute Gasteiger partial charge is 0.481 e. The number of nitrogens with zero attached hydrogens (tertiary/aromatic N) is 3. The minimum Gasteiger partial charge on any atom is -0.481 e. The molecule has 24 heavy (non-hydrogen) atoms. The van der Waals surface area contributed by atoms with Crippen LogP contribution >= 0.6 is 22.9 Å². The summed E-state index contributed by atoms with van der Waals surface area (Å²) < 4.78 is 5.70. The number of ether oxygens (including phenoxy) is 1. The van der Waals surface area contributed by atoms with E-state index in [1.807, 2.05) is 21.0 Å². The second-order valence-corrected chi connectivity index (χ2v) is 7.21. The second-order valence-electron chi connectivity index (χ2n) is 5.71. The first-order chi connectivity index (χ1) is 11.3. The van der Waals surface area contributed by atoms with Crippen LogP contribution in [0.15, 0.2) is 18.2 Å². The van der Waals surface area contributed by atoms with Gasteiger partial charge in [-0.2, -0.15) is 0 Å². The third-order valence-electron chi connectivity index (χ3n) is 3.28. The number of likely N-dealkylation sites (N-methyl/N-ethyl adjacent to an activating group) is 1. The van der Waals surface area contributed by atoms with E-state index in [-0.39, 0.29) is 5.91 Å². The summed E-state index contributed by atoms with van der Waals surface area (Å²) >= 11 is 7.30. The number of nitrogens with one attached hydrogen (secondary N) is 1. The molecule has 0 radical (unpaired) electrons. The standard InChI is InChI=1S/C16H21ClN4O2S/c1-10-9-12(17)5-6-13(10)23-11(2)15(22)18-16-20-19-14(24-16)7-8-21(3)4/h5-6,9,11H,7-8H2,1-4H3,(H,18,20,22). The molecule has 1 atom stereocenters. The molecule has 1 unspecified atom stereocenters. The summed E-state index contributed by atoms with van der Waals surface area (Å²) in [6.45, 7) is 4.46. The molecule has 2 rings (SSSR count). The fourth-order valence-electron chi connectivity index (χ4n) is 1.92. The quantitative estimate of drug-likeness (QED) is 0.813. The Morgan fingerprint density at radius 2 is 2.17 bits per heavy atom. The van der Waals surface area contributed by atoms with Crippen LogP contribution in [0.3, 0.4) is 0 Å². The third kappa shape index (κ3) is 5.43. The Bertz CT molecular complexity index is 705. The lowest BCUT2D eigenvalue weighted by Gasteiger charge is -2.15. The van der Waals surface area contributed by atoms with Crippen LogP contribution in [0.5, 0.6) is 5.75 Å². The van der Waals surface area contributed by atoms with Crippen LogP contribution in [0.1, 0.15) is 17.5 Å². The molecule has 0 fully saturated rings. The Balaban J connectivity index is 1.91. The summed E-state index contributed by atoms with van der Waals surface area (Å²) in [4.78, 5) is 14.3. The minimum absolute atomic E-state index is 0.264. The molecule has 1 aromatic heterocycles. The zero-order valence-corrected chi connectivity index (χ0v) is 15.7. The van der Waals surface area contributed by atoms with Gasteiger partial charge in [-0.3, -0.25) is 10.1 Å². The van der Waals surface area contributed by atoms with Crippen molar-refractivity contribution in [2.75, 3.05) is 26.0 Å². The van der Waals surface area contributed by atoms with Gasteiger partial charge in [0, 0.05) is 18.0 Å². The van der Waals surface area contributed by atoms with Crippen molar-refractivity contribution in [1.82, 2.24) is 15.1 Å². The number of rotatable bonds is 7. The molecule has 0 saturated carbocycles. The predicted molar refractivity (Wildman–Crippen MR) is 97.1 cm³/mol. The van der Waals surface area contributed by atoms with E-state index < -0.39 is 6.10 Å². The molecular formula is C16H21ClN4O2S. The Morgan fingerprint density at radius 3 is 2.83 bits per heavy atom. The van der Waals surface area contributed by atoms with Gasteiger partial charge in [0.1, 0.15) is 10.8 Å². The lowest BCUT2D eigenvalue weighted by atomic mass is 10.2. The molecule has 1 aromatic carbocycles.